The molecule has 0 saturated heterocycles. The first-order valence-electron chi connectivity index (χ1n) is 7.39. The van der Waals surface area contributed by atoms with Crippen molar-refractivity contribution in [2.75, 3.05) is 24.6 Å². The molecule has 0 unspecified atom stereocenters. The first kappa shape index (κ1) is 16.3. The number of fused-ring (bicyclic) bond motifs is 1. The summed E-state index contributed by atoms with van der Waals surface area (Å²) in [6, 6.07) is 11.0. The second-order valence-electron chi connectivity index (χ2n) is 5.38. The molecule has 7 heteroatoms. The minimum absolute atomic E-state index is 0.0626. The van der Waals surface area contributed by atoms with Crippen LogP contribution >= 0.6 is 0 Å². The smallest absolute Gasteiger partial charge is 0.264 e. The standard InChI is InChI=1S/C17H17NO5S/c1-12(19)13-4-3-5-15(10-13)24(20,21)18(2)14-6-7-16-17(11-14)23-9-8-22-16/h3-7,10-11H,8-9H2,1-2H3. The van der Waals surface area contributed by atoms with Crippen LogP contribution in [0.1, 0.15) is 17.3 Å². The third-order valence-corrected chi connectivity index (χ3v) is 5.57. The van der Waals surface area contributed by atoms with E-state index in [9.17, 15) is 13.2 Å². The molecule has 0 atom stereocenters. The Kier molecular flexibility index (Phi) is 4.19. The van der Waals surface area contributed by atoms with Crippen LogP contribution in [0.5, 0.6) is 11.5 Å². The van der Waals surface area contributed by atoms with Gasteiger partial charge in [-0.1, -0.05) is 12.1 Å². The van der Waals surface area contributed by atoms with Crippen molar-refractivity contribution >= 4 is 21.5 Å². The fourth-order valence-corrected chi connectivity index (χ4v) is 3.63. The molecule has 126 valence electrons. The summed E-state index contributed by atoms with van der Waals surface area (Å²) in [5.41, 5.74) is 0.805. The summed E-state index contributed by atoms with van der Waals surface area (Å²) >= 11 is 0. The third kappa shape index (κ3) is 2.94. The first-order valence-corrected chi connectivity index (χ1v) is 8.83. The van der Waals surface area contributed by atoms with E-state index in [4.69, 9.17) is 9.47 Å². The van der Waals surface area contributed by atoms with Crippen LogP contribution in [0.15, 0.2) is 47.4 Å². The van der Waals surface area contributed by atoms with E-state index in [1.807, 2.05) is 0 Å². The summed E-state index contributed by atoms with van der Waals surface area (Å²) in [5.74, 6) is 0.918. The quantitative estimate of drug-likeness (QED) is 0.795. The average Bonchev–Trinajstić information content (AvgIpc) is 2.60. The molecule has 1 aliphatic heterocycles. The molecule has 0 aromatic heterocycles. The van der Waals surface area contributed by atoms with Gasteiger partial charge in [-0.2, -0.15) is 0 Å². The second-order valence-corrected chi connectivity index (χ2v) is 7.35. The zero-order valence-electron chi connectivity index (χ0n) is 13.4. The molecule has 1 aliphatic rings. The molecule has 0 bridgehead atoms. The summed E-state index contributed by atoms with van der Waals surface area (Å²) in [7, 11) is -2.33. The molecule has 0 saturated carbocycles. The number of carbonyl (C=O) groups is 1. The zero-order valence-corrected chi connectivity index (χ0v) is 14.2. The molecule has 3 rings (SSSR count). The van der Waals surface area contributed by atoms with Gasteiger partial charge in [-0.3, -0.25) is 9.10 Å². The largest absolute Gasteiger partial charge is 0.486 e. The molecule has 6 nitrogen and oxygen atoms in total. The van der Waals surface area contributed by atoms with Gasteiger partial charge in [-0.15, -0.1) is 0 Å². The number of hydrogen-bond acceptors (Lipinski definition) is 5. The van der Waals surface area contributed by atoms with E-state index < -0.39 is 10.0 Å². The van der Waals surface area contributed by atoms with Crippen LogP contribution in [0.2, 0.25) is 0 Å². The highest BCUT2D eigenvalue weighted by atomic mass is 32.2. The summed E-state index contributed by atoms with van der Waals surface area (Å²) in [4.78, 5) is 11.5. The summed E-state index contributed by atoms with van der Waals surface area (Å²) in [5, 5.41) is 0. The van der Waals surface area contributed by atoms with Gasteiger partial charge in [0.2, 0.25) is 0 Å². The van der Waals surface area contributed by atoms with Crippen molar-refractivity contribution in [3.8, 4) is 11.5 Å². The maximum atomic E-state index is 12.8. The number of sulfonamides is 1. The maximum absolute atomic E-state index is 12.8. The van der Waals surface area contributed by atoms with Crippen molar-refractivity contribution in [2.45, 2.75) is 11.8 Å². The highest BCUT2D eigenvalue weighted by Gasteiger charge is 2.23. The normalized spacial score (nSPS) is 13.4. The van der Waals surface area contributed by atoms with Crippen LogP contribution < -0.4 is 13.8 Å². The Bertz CT molecular complexity index is 892. The Hall–Kier alpha value is -2.54. The molecule has 0 radical (unpaired) electrons. The second kappa shape index (κ2) is 6.16. The van der Waals surface area contributed by atoms with Gasteiger partial charge in [-0.05, 0) is 31.2 Å². The number of Topliss-reactive ketones (excluding diaryl/α,β-unsaturated/α-hetero) is 1. The number of ether oxygens (including phenoxy) is 2. The van der Waals surface area contributed by atoms with E-state index in [0.29, 0.717) is 36.0 Å². The molecule has 0 N–H and O–H groups in total. The van der Waals surface area contributed by atoms with Crippen LogP contribution in [0, 0.1) is 0 Å². The fourth-order valence-electron chi connectivity index (χ4n) is 2.40. The lowest BCUT2D eigenvalue weighted by atomic mass is 10.2. The lowest BCUT2D eigenvalue weighted by Gasteiger charge is -2.23. The number of benzene rings is 2. The minimum Gasteiger partial charge on any atom is -0.486 e. The fraction of sp³-hybridized carbons (Fsp3) is 0.235. The highest BCUT2D eigenvalue weighted by molar-refractivity contribution is 7.92. The number of nitrogens with zero attached hydrogens (tertiary/aromatic N) is 1. The van der Waals surface area contributed by atoms with Crippen molar-refractivity contribution in [3.63, 3.8) is 0 Å². The minimum atomic E-state index is -3.79. The SMILES string of the molecule is CC(=O)c1cccc(S(=O)(=O)N(C)c2ccc3c(c2)OCCO3)c1. The monoisotopic (exact) mass is 347 g/mol. The van der Waals surface area contributed by atoms with Gasteiger partial charge in [-0.25, -0.2) is 8.42 Å². The predicted octanol–water partition coefficient (Wildman–Crippen LogP) is 2.49. The van der Waals surface area contributed by atoms with Gasteiger partial charge in [0.1, 0.15) is 13.2 Å². The zero-order chi connectivity index (χ0) is 17.3. The molecule has 0 aliphatic carbocycles. The van der Waals surface area contributed by atoms with Gasteiger partial charge in [0.05, 0.1) is 10.6 Å². The Morgan fingerprint density at radius 1 is 1.04 bits per heavy atom. The molecule has 2 aromatic carbocycles. The highest BCUT2D eigenvalue weighted by Crippen LogP contribution is 2.35. The predicted molar refractivity (Wildman–Crippen MR) is 89.5 cm³/mol. The molecule has 24 heavy (non-hydrogen) atoms. The third-order valence-electron chi connectivity index (χ3n) is 3.79. The van der Waals surface area contributed by atoms with Crippen LogP contribution in [0.3, 0.4) is 0 Å². The first-order chi connectivity index (χ1) is 11.4. The Labute approximate surface area is 140 Å². The number of anilines is 1. The van der Waals surface area contributed by atoms with Crippen molar-refractivity contribution in [3.05, 3.63) is 48.0 Å². The van der Waals surface area contributed by atoms with E-state index in [1.165, 1.54) is 26.1 Å². The summed E-state index contributed by atoms with van der Waals surface area (Å²) < 4.78 is 37.7. The van der Waals surface area contributed by atoms with E-state index in [-0.39, 0.29) is 10.7 Å². The number of rotatable bonds is 4. The molecule has 0 amide bonds. The van der Waals surface area contributed by atoms with Gasteiger partial charge < -0.3 is 9.47 Å². The van der Waals surface area contributed by atoms with E-state index in [2.05, 4.69) is 0 Å². The maximum Gasteiger partial charge on any atom is 0.264 e. The Morgan fingerprint density at radius 2 is 1.75 bits per heavy atom. The van der Waals surface area contributed by atoms with E-state index in [1.54, 1.807) is 30.3 Å². The van der Waals surface area contributed by atoms with Gasteiger partial charge in [0.15, 0.2) is 17.3 Å². The molecule has 0 fully saturated rings. The summed E-state index contributed by atoms with van der Waals surface area (Å²) in [6.45, 7) is 2.29. The number of ketones is 1. The topological polar surface area (TPSA) is 72.9 Å². The number of hydrogen-bond donors (Lipinski definition) is 0. The van der Waals surface area contributed by atoms with Crippen LogP contribution in [0.25, 0.3) is 0 Å². The average molecular weight is 347 g/mol. The van der Waals surface area contributed by atoms with Crippen molar-refractivity contribution in [1.82, 2.24) is 0 Å². The van der Waals surface area contributed by atoms with Gasteiger partial charge in [0, 0.05) is 18.7 Å². The lowest BCUT2D eigenvalue weighted by Crippen LogP contribution is -2.27. The van der Waals surface area contributed by atoms with Crippen molar-refractivity contribution in [1.29, 1.82) is 0 Å². The van der Waals surface area contributed by atoms with Crippen molar-refractivity contribution in [2.24, 2.45) is 0 Å². The Balaban J connectivity index is 1.97. The molecular weight excluding hydrogens is 330 g/mol. The van der Waals surface area contributed by atoms with Crippen molar-refractivity contribution < 1.29 is 22.7 Å². The molecule has 2 aromatic rings. The number of carbonyl (C=O) groups excluding carboxylic acids is 1. The molecule has 0 spiro atoms. The lowest BCUT2D eigenvalue weighted by molar-refractivity contribution is 0.101. The van der Waals surface area contributed by atoms with Crippen LogP contribution in [-0.2, 0) is 10.0 Å². The van der Waals surface area contributed by atoms with Crippen LogP contribution in [0.4, 0.5) is 5.69 Å². The Morgan fingerprint density at radius 3 is 2.46 bits per heavy atom. The summed E-state index contributed by atoms with van der Waals surface area (Å²) in [6.07, 6.45) is 0. The van der Waals surface area contributed by atoms with Crippen LogP contribution in [-0.4, -0.2) is 34.5 Å². The van der Waals surface area contributed by atoms with E-state index in [0.717, 1.165) is 4.31 Å². The van der Waals surface area contributed by atoms with Gasteiger partial charge in [0.25, 0.3) is 10.0 Å². The molecular formula is C17H17NO5S. The van der Waals surface area contributed by atoms with Gasteiger partial charge >= 0.3 is 0 Å². The van der Waals surface area contributed by atoms with E-state index >= 15 is 0 Å². The molecule has 1 heterocycles.